The number of aromatic nitrogens is 4. The van der Waals surface area contributed by atoms with Gasteiger partial charge in [-0.2, -0.15) is 4.68 Å². The fourth-order valence-corrected chi connectivity index (χ4v) is 3.33. The highest BCUT2D eigenvalue weighted by molar-refractivity contribution is 7.99. The lowest BCUT2D eigenvalue weighted by atomic mass is 10.2. The van der Waals surface area contributed by atoms with E-state index >= 15 is 0 Å². The lowest BCUT2D eigenvalue weighted by molar-refractivity contribution is 0.310. The molecule has 3 aromatic rings. The molecule has 0 spiro atoms. The highest BCUT2D eigenvalue weighted by Crippen LogP contribution is 2.28. The first kappa shape index (κ1) is 22.0. The van der Waals surface area contributed by atoms with Gasteiger partial charge in [-0.15, -0.1) is 17.5 Å². The molecular weight excluding hydrogens is 398 g/mol. The van der Waals surface area contributed by atoms with Crippen LogP contribution in [0.5, 0.6) is 11.5 Å². The maximum atomic E-state index is 5.55. The van der Waals surface area contributed by atoms with Crippen LogP contribution in [-0.4, -0.2) is 46.2 Å². The van der Waals surface area contributed by atoms with E-state index < -0.39 is 0 Å². The first-order valence-corrected chi connectivity index (χ1v) is 9.77. The van der Waals surface area contributed by atoms with E-state index in [1.54, 1.807) is 23.6 Å². The zero-order valence-corrected chi connectivity index (χ0v) is 17.5. The lowest BCUT2D eigenvalue weighted by Crippen LogP contribution is -2.17. The van der Waals surface area contributed by atoms with E-state index in [1.807, 2.05) is 55.5 Å². The number of para-hydroxylation sites is 1. The van der Waals surface area contributed by atoms with Gasteiger partial charge in [0, 0.05) is 18.8 Å². The smallest absolute Gasteiger partial charge is 0.214 e. The van der Waals surface area contributed by atoms with Crippen LogP contribution in [0.25, 0.3) is 5.69 Å². The molecule has 150 valence electrons. The van der Waals surface area contributed by atoms with E-state index in [-0.39, 0.29) is 12.4 Å². The normalized spacial score (nSPS) is 10.4. The Morgan fingerprint density at radius 1 is 1.11 bits per heavy atom. The van der Waals surface area contributed by atoms with Crippen molar-refractivity contribution in [2.75, 3.05) is 26.0 Å². The fraction of sp³-hybridized carbons (Fsp3) is 0.316. The monoisotopic (exact) mass is 421 g/mol. The molecule has 0 fully saturated rings. The first-order valence-electron chi connectivity index (χ1n) is 8.79. The number of tetrazole rings is 1. The molecule has 0 unspecified atom stereocenters. The van der Waals surface area contributed by atoms with Gasteiger partial charge in [0.15, 0.2) is 11.5 Å². The summed E-state index contributed by atoms with van der Waals surface area (Å²) in [5.74, 6) is 2.39. The van der Waals surface area contributed by atoms with Crippen molar-refractivity contribution >= 4 is 24.2 Å². The zero-order chi connectivity index (χ0) is 18.9. The van der Waals surface area contributed by atoms with Gasteiger partial charge in [-0.05, 0) is 47.2 Å². The molecule has 0 atom stereocenters. The Morgan fingerprint density at radius 3 is 2.68 bits per heavy atom. The number of nitrogens with zero attached hydrogens (tertiary/aromatic N) is 4. The predicted octanol–water partition coefficient (Wildman–Crippen LogP) is 3.37. The molecule has 2 aromatic carbocycles. The summed E-state index contributed by atoms with van der Waals surface area (Å²) in [6, 6.07) is 15.9. The number of nitrogens with one attached hydrogen (secondary N) is 1. The van der Waals surface area contributed by atoms with Crippen molar-refractivity contribution < 1.29 is 9.47 Å². The lowest BCUT2D eigenvalue weighted by Gasteiger charge is -2.11. The van der Waals surface area contributed by atoms with Gasteiger partial charge in [-0.1, -0.05) is 36.0 Å². The van der Waals surface area contributed by atoms with Crippen molar-refractivity contribution in [1.29, 1.82) is 0 Å². The summed E-state index contributed by atoms with van der Waals surface area (Å²) in [6.07, 6.45) is 0. The Morgan fingerprint density at radius 2 is 1.93 bits per heavy atom. The van der Waals surface area contributed by atoms with Crippen LogP contribution >= 0.6 is 24.2 Å². The minimum Gasteiger partial charge on any atom is -0.493 e. The van der Waals surface area contributed by atoms with Gasteiger partial charge in [0.25, 0.3) is 0 Å². The van der Waals surface area contributed by atoms with Crippen LogP contribution < -0.4 is 14.8 Å². The van der Waals surface area contributed by atoms with E-state index in [9.17, 15) is 0 Å². The molecule has 0 bridgehead atoms. The molecule has 0 radical (unpaired) electrons. The molecule has 1 N–H and O–H groups in total. The summed E-state index contributed by atoms with van der Waals surface area (Å²) in [6.45, 7) is 4.17. The average Bonchev–Trinajstić information content (AvgIpc) is 3.18. The van der Waals surface area contributed by atoms with Gasteiger partial charge < -0.3 is 14.8 Å². The largest absolute Gasteiger partial charge is 0.493 e. The first-order chi connectivity index (χ1) is 13.3. The topological polar surface area (TPSA) is 74.1 Å². The van der Waals surface area contributed by atoms with Gasteiger partial charge in [-0.3, -0.25) is 0 Å². The van der Waals surface area contributed by atoms with Crippen LogP contribution in [0.1, 0.15) is 12.5 Å². The molecule has 0 saturated carbocycles. The van der Waals surface area contributed by atoms with Gasteiger partial charge >= 0.3 is 0 Å². The number of benzene rings is 2. The highest BCUT2D eigenvalue weighted by atomic mass is 35.5. The quantitative estimate of drug-likeness (QED) is 0.397. The van der Waals surface area contributed by atoms with E-state index in [2.05, 4.69) is 20.8 Å². The Bertz CT molecular complexity index is 847. The van der Waals surface area contributed by atoms with E-state index in [0.717, 1.165) is 46.7 Å². The number of methoxy groups -OCH3 is 1. The van der Waals surface area contributed by atoms with Crippen molar-refractivity contribution in [3.8, 4) is 17.2 Å². The third-order valence-corrected chi connectivity index (χ3v) is 4.73. The van der Waals surface area contributed by atoms with Crippen LogP contribution in [0, 0.1) is 0 Å². The van der Waals surface area contributed by atoms with Crippen molar-refractivity contribution in [3.05, 3.63) is 54.1 Å². The number of ether oxygens (including phenoxy) is 2. The van der Waals surface area contributed by atoms with Gasteiger partial charge in [0.05, 0.1) is 19.4 Å². The summed E-state index contributed by atoms with van der Waals surface area (Å²) in [4.78, 5) is 0. The molecule has 0 aliphatic carbocycles. The molecule has 28 heavy (non-hydrogen) atoms. The minimum absolute atomic E-state index is 0. The maximum absolute atomic E-state index is 5.55. The van der Waals surface area contributed by atoms with E-state index in [4.69, 9.17) is 9.47 Å². The van der Waals surface area contributed by atoms with Crippen LogP contribution in [0.15, 0.2) is 53.7 Å². The van der Waals surface area contributed by atoms with Crippen molar-refractivity contribution in [2.45, 2.75) is 18.6 Å². The molecule has 0 aliphatic rings. The van der Waals surface area contributed by atoms with Gasteiger partial charge in [-0.25, -0.2) is 0 Å². The maximum Gasteiger partial charge on any atom is 0.214 e. The third kappa shape index (κ3) is 5.85. The van der Waals surface area contributed by atoms with E-state index in [0.29, 0.717) is 6.61 Å². The highest BCUT2D eigenvalue weighted by Gasteiger charge is 2.08. The number of thioether (sulfide) groups is 1. The number of hydrogen-bond donors (Lipinski definition) is 1. The zero-order valence-electron chi connectivity index (χ0n) is 15.9. The fourth-order valence-electron chi connectivity index (χ4n) is 2.54. The second-order valence-corrected chi connectivity index (χ2v) is 6.71. The second kappa shape index (κ2) is 11.5. The minimum atomic E-state index is 0. The Labute approximate surface area is 175 Å². The summed E-state index contributed by atoms with van der Waals surface area (Å²) < 4.78 is 12.7. The van der Waals surface area contributed by atoms with Gasteiger partial charge in [0.2, 0.25) is 5.16 Å². The van der Waals surface area contributed by atoms with Crippen molar-refractivity contribution in [1.82, 2.24) is 25.5 Å². The molecule has 9 heteroatoms. The Balaban J connectivity index is 0.00000280. The standard InChI is InChI=1S/C19H23N5O2S.ClH/c1-3-26-17-10-9-15(13-18(17)25-2)14-20-11-12-27-19-21-22-23-24(19)16-7-5-4-6-8-16;/h4-10,13,20H,3,11-12,14H2,1-2H3;1H. The third-order valence-electron chi connectivity index (χ3n) is 3.81. The van der Waals surface area contributed by atoms with Gasteiger partial charge in [0.1, 0.15) is 0 Å². The summed E-state index contributed by atoms with van der Waals surface area (Å²) in [5, 5.41) is 16.2. The molecule has 3 rings (SSSR count). The summed E-state index contributed by atoms with van der Waals surface area (Å²) in [7, 11) is 1.66. The molecule has 1 heterocycles. The molecular formula is C19H24ClN5O2S. The molecule has 1 aromatic heterocycles. The Hall–Kier alpha value is -2.29. The summed E-state index contributed by atoms with van der Waals surface area (Å²) >= 11 is 1.62. The predicted molar refractivity (Wildman–Crippen MR) is 113 cm³/mol. The molecule has 0 amide bonds. The SMILES string of the molecule is CCOc1ccc(CNCCSc2nnnn2-c2ccccc2)cc1OC.Cl. The van der Waals surface area contributed by atoms with Crippen LogP contribution in [-0.2, 0) is 6.54 Å². The summed E-state index contributed by atoms with van der Waals surface area (Å²) in [5.41, 5.74) is 2.11. The number of hydrogen-bond acceptors (Lipinski definition) is 7. The van der Waals surface area contributed by atoms with Crippen LogP contribution in [0.2, 0.25) is 0 Å². The number of halogens is 1. The average molecular weight is 422 g/mol. The van der Waals surface area contributed by atoms with Crippen LogP contribution in [0.4, 0.5) is 0 Å². The number of rotatable bonds is 10. The Kier molecular flexibility index (Phi) is 9.06. The van der Waals surface area contributed by atoms with Crippen molar-refractivity contribution in [3.63, 3.8) is 0 Å². The molecule has 0 aliphatic heterocycles. The molecule has 7 nitrogen and oxygen atoms in total. The van der Waals surface area contributed by atoms with Crippen LogP contribution in [0.3, 0.4) is 0 Å². The van der Waals surface area contributed by atoms with E-state index in [1.165, 1.54) is 0 Å². The second-order valence-electron chi connectivity index (χ2n) is 5.65. The van der Waals surface area contributed by atoms with Crippen molar-refractivity contribution in [2.24, 2.45) is 0 Å². The molecule has 0 saturated heterocycles.